The summed E-state index contributed by atoms with van der Waals surface area (Å²) < 4.78 is 0. The van der Waals surface area contributed by atoms with Crippen molar-refractivity contribution in [1.29, 1.82) is 0 Å². The van der Waals surface area contributed by atoms with E-state index in [-0.39, 0.29) is 24.8 Å². The number of carbonyl (C=O) groups excluding carboxylic acids is 2. The first-order chi connectivity index (χ1) is 10.9. The number of carboxylic acid groups (broad SMARTS) is 1. The molecule has 0 aliphatic heterocycles. The largest absolute Gasteiger partial charge is 0.480 e. The maximum atomic E-state index is 12.0. The van der Waals surface area contributed by atoms with Crippen molar-refractivity contribution in [3.8, 4) is 0 Å². The van der Waals surface area contributed by atoms with E-state index in [9.17, 15) is 14.4 Å². The van der Waals surface area contributed by atoms with Crippen LogP contribution in [0.3, 0.4) is 0 Å². The van der Waals surface area contributed by atoms with Gasteiger partial charge in [0.05, 0.1) is 0 Å². The molecule has 0 spiro atoms. The Labute approximate surface area is 140 Å². The molecule has 0 heterocycles. The van der Waals surface area contributed by atoms with E-state index in [1.165, 1.54) is 4.90 Å². The predicted molar refractivity (Wildman–Crippen MR) is 87.5 cm³/mol. The van der Waals surface area contributed by atoms with Gasteiger partial charge in [0.1, 0.15) is 6.54 Å². The monoisotopic (exact) mass is 340 g/mol. The van der Waals surface area contributed by atoms with Gasteiger partial charge < -0.3 is 15.3 Å². The van der Waals surface area contributed by atoms with Gasteiger partial charge in [0.15, 0.2) is 0 Å². The van der Waals surface area contributed by atoms with E-state index in [0.29, 0.717) is 36.5 Å². The average Bonchev–Trinajstić information content (AvgIpc) is 2.51. The highest BCUT2D eigenvalue weighted by Crippen LogP contribution is 2.09. The molecular formula is C16H21ClN2O4. The third-order valence-corrected chi connectivity index (χ3v) is 3.38. The molecule has 126 valence electrons. The summed E-state index contributed by atoms with van der Waals surface area (Å²) in [6.07, 6.45) is 1.36. The number of nitrogens with zero attached hydrogens (tertiary/aromatic N) is 1. The molecule has 0 unspecified atom stereocenters. The van der Waals surface area contributed by atoms with Crippen molar-refractivity contribution in [3.05, 3.63) is 34.9 Å². The minimum absolute atomic E-state index is 0.203. The van der Waals surface area contributed by atoms with Crippen LogP contribution in [-0.4, -0.2) is 47.4 Å². The molecule has 0 aromatic heterocycles. The molecule has 0 atom stereocenters. The summed E-state index contributed by atoms with van der Waals surface area (Å²) in [7, 11) is 0. The summed E-state index contributed by atoms with van der Waals surface area (Å²) in [4.78, 5) is 35.9. The second-order valence-corrected chi connectivity index (χ2v) is 5.51. The van der Waals surface area contributed by atoms with Gasteiger partial charge in [-0.25, -0.2) is 0 Å². The van der Waals surface area contributed by atoms with Crippen LogP contribution in [0.25, 0.3) is 0 Å². The number of amides is 2. The van der Waals surface area contributed by atoms with Crippen LogP contribution in [0.4, 0.5) is 0 Å². The SMILES string of the molecule is CCCN(CC(=O)O)C(=O)CCCNC(=O)c1ccc(Cl)cc1. The number of benzene rings is 1. The quantitative estimate of drug-likeness (QED) is 0.674. The minimum Gasteiger partial charge on any atom is -0.480 e. The Morgan fingerprint density at radius 2 is 1.87 bits per heavy atom. The number of hydrogen-bond acceptors (Lipinski definition) is 3. The zero-order valence-electron chi connectivity index (χ0n) is 13.0. The lowest BCUT2D eigenvalue weighted by molar-refractivity contribution is -0.144. The number of carbonyl (C=O) groups is 3. The second-order valence-electron chi connectivity index (χ2n) is 5.08. The molecule has 0 bridgehead atoms. The lowest BCUT2D eigenvalue weighted by Gasteiger charge is -2.19. The van der Waals surface area contributed by atoms with Gasteiger partial charge in [-0.1, -0.05) is 18.5 Å². The minimum atomic E-state index is -1.03. The lowest BCUT2D eigenvalue weighted by Crippen LogP contribution is -2.36. The molecule has 0 aliphatic rings. The smallest absolute Gasteiger partial charge is 0.323 e. The maximum Gasteiger partial charge on any atom is 0.323 e. The highest BCUT2D eigenvalue weighted by atomic mass is 35.5. The van der Waals surface area contributed by atoms with Crippen molar-refractivity contribution in [3.63, 3.8) is 0 Å². The van der Waals surface area contributed by atoms with Crippen molar-refractivity contribution in [2.75, 3.05) is 19.6 Å². The van der Waals surface area contributed by atoms with Crippen LogP contribution >= 0.6 is 11.6 Å². The number of hydrogen-bond donors (Lipinski definition) is 2. The van der Waals surface area contributed by atoms with E-state index in [0.717, 1.165) is 0 Å². The normalized spacial score (nSPS) is 10.2. The molecule has 0 aliphatic carbocycles. The maximum absolute atomic E-state index is 12.0. The first kappa shape index (κ1) is 19.0. The van der Waals surface area contributed by atoms with Crippen molar-refractivity contribution in [2.45, 2.75) is 26.2 Å². The van der Waals surface area contributed by atoms with E-state index in [1.54, 1.807) is 24.3 Å². The van der Waals surface area contributed by atoms with Gasteiger partial charge in [-0.3, -0.25) is 14.4 Å². The second kappa shape index (κ2) is 9.84. The third kappa shape index (κ3) is 7.15. The van der Waals surface area contributed by atoms with E-state index in [1.807, 2.05) is 6.92 Å². The first-order valence-electron chi connectivity index (χ1n) is 7.47. The Morgan fingerprint density at radius 3 is 2.43 bits per heavy atom. The third-order valence-electron chi connectivity index (χ3n) is 3.13. The average molecular weight is 341 g/mol. The molecule has 2 amide bonds. The van der Waals surface area contributed by atoms with E-state index in [4.69, 9.17) is 16.7 Å². The van der Waals surface area contributed by atoms with Crippen LogP contribution in [0.15, 0.2) is 24.3 Å². The van der Waals surface area contributed by atoms with Gasteiger partial charge in [0, 0.05) is 30.1 Å². The number of halogens is 1. The number of carboxylic acids is 1. The lowest BCUT2D eigenvalue weighted by atomic mass is 10.2. The van der Waals surface area contributed by atoms with E-state index < -0.39 is 5.97 Å². The molecule has 0 saturated carbocycles. The van der Waals surface area contributed by atoms with Crippen LogP contribution in [0.1, 0.15) is 36.5 Å². The number of nitrogens with one attached hydrogen (secondary N) is 1. The molecule has 2 N–H and O–H groups in total. The molecule has 23 heavy (non-hydrogen) atoms. The predicted octanol–water partition coefficient (Wildman–Crippen LogP) is 2.17. The Hall–Kier alpha value is -2.08. The summed E-state index contributed by atoms with van der Waals surface area (Å²) in [6, 6.07) is 6.51. The fraction of sp³-hybridized carbons (Fsp3) is 0.438. The van der Waals surface area contributed by atoms with Gasteiger partial charge in [-0.15, -0.1) is 0 Å². The summed E-state index contributed by atoms with van der Waals surface area (Å²) >= 11 is 5.75. The Morgan fingerprint density at radius 1 is 1.22 bits per heavy atom. The van der Waals surface area contributed by atoms with Crippen LogP contribution in [0.2, 0.25) is 5.02 Å². The van der Waals surface area contributed by atoms with Gasteiger partial charge in [-0.2, -0.15) is 0 Å². The summed E-state index contributed by atoms with van der Waals surface area (Å²) in [5.74, 6) is -1.47. The molecular weight excluding hydrogens is 320 g/mol. The summed E-state index contributed by atoms with van der Waals surface area (Å²) in [5, 5.41) is 12.1. The van der Waals surface area contributed by atoms with Gasteiger partial charge in [0.2, 0.25) is 5.91 Å². The molecule has 7 heteroatoms. The van der Waals surface area contributed by atoms with Crippen LogP contribution in [0.5, 0.6) is 0 Å². The molecule has 1 aromatic carbocycles. The molecule has 0 radical (unpaired) electrons. The van der Waals surface area contributed by atoms with Crippen LogP contribution < -0.4 is 5.32 Å². The van der Waals surface area contributed by atoms with Crippen molar-refractivity contribution in [2.24, 2.45) is 0 Å². The van der Waals surface area contributed by atoms with Crippen molar-refractivity contribution < 1.29 is 19.5 Å². The molecule has 6 nitrogen and oxygen atoms in total. The standard InChI is InChI=1S/C16H21ClN2O4/c1-2-10-19(11-15(21)22)14(20)4-3-9-18-16(23)12-5-7-13(17)8-6-12/h5-8H,2-4,9-11H2,1H3,(H,18,23)(H,21,22). The van der Waals surface area contributed by atoms with Crippen LogP contribution in [0, 0.1) is 0 Å². The molecule has 1 aromatic rings. The van der Waals surface area contributed by atoms with Crippen molar-refractivity contribution in [1.82, 2.24) is 10.2 Å². The van der Waals surface area contributed by atoms with E-state index in [2.05, 4.69) is 5.32 Å². The molecule has 1 rings (SSSR count). The highest BCUT2D eigenvalue weighted by molar-refractivity contribution is 6.30. The molecule has 0 fully saturated rings. The summed E-state index contributed by atoms with van der Waals surface area (Å²) in [5.41, 5.74) is 0.499. The van der Waals surface area contributed by atoms with E-state index >= 15 is 0 Å². The van der Waals surface area contributed by atoms with Gasteiger partial charge in [0.25, 0.3) is 5.91 Å². The first-order valence-corrected chi connectivity index (χ1v) is 7.85. The fourth-order valence-electron chi connectivity index (χ4n) is 2.03. The number of aliphatic carboxylic acids is 1. The van der Waals surface area contributed by atoms with Crippen LogP contribution in [-0.2, 0) is 9.59 Å². The Kier molecular flexibility index (Phi) is 8.11. The van der Waals surface area contributed by atoms with Gasteiger partial charge >= 0.3 is 5.97 Å². The topological polar surface area (TPSA) is 86.7 Å². The highest BCUT2D eigenvalue weighted by Gasteiger charge is 2.15. The van der Waals surface area contributed by atoms with Crippen molar-refractivity contribution >= 4 is 29.4 Å². The Balaban J connectivity index is 2.35. The number of rotatable bonds is 9. The summed E-state index contributed by atoms with van der Waals surface area (Å²) in [6.45, 7) is 2.36. The Bertz CT molecular complexity index is 546. The molecule has 0 saturated heterocycles. The zero-order valence-corrected chi connectivity index (χ0v) is 13.8. The van der Waals surface area contributed by atoms with Gasteiger partial charge in [-0.05, 0) is 37.1 Å². The zero-order chi connectivity index (χ0) is 17.2. The fourth-order valence-corrected chi connectivity index (χ4v) is 2.15.